The van der Waals surface area contributed by atoms with Gasteiger partial charge >= 0.3 is 0 Å². The fraction of sp³-hybridized carbons (Fsp3) is 0.438. The summed E-state index contributed by atoms with van der Waals surface area (Å²) in [6, 6.07) is 8.96. The third-order valence-electron chi connectivity index (χ3n) is 10.2. The van der Waals surface area contributed by atoms with Crippen LogP contribution in [0.5, 0.6) is 5.75 Å². The van der Waals surface area contributed by atoms with Gasteiger partial charge in [-0.1, -0.05) is 48.6 Å². The molecule has 3 aliphatic carbocycles. The largest absolute Gasteiger partial charge is 0.508 e. The number of phenolic OH excluding ortho intramolecular Hbond substituents is 1. The minimum Gasteiger partial charge on any atom is -0.508 e. The van der Waals surface area contributed by atoms with E-state index in [0.29, 0.717) is 11.1 Å². The molecular weight excluding hydrogens is 618 g/mol. The van der Waals surface area contributed by atoms with E-state index in [-0.39, 0.29) is 47.2 Å². The van der Waals surface area contributed by atoms with Crippen LogP contribution in [0.2, 0.25) is 5.02 Å². The van der Waals surface area contributed by atoms with E-state index in [1.807, 2.05) is 6.08 Å². The third-order valence-corrected chi connectivity index (χ3v) is 11.9. The Morgan fingerprint density at radius 2 is 1.58 bits per heavy atom. The van der Waals surface area contributed by atoms with Gasteiger partial charge in [0, 0.05) is 17.0 Å². The Balaban J connectivity index is 1.39. The van der Waals surface area contributed by atoms with Gasteiger partial charge in [0.15, 0.2) is 9.75 Å². The summed E-state index contributed by atoms with van der Waals surface area (Å²) in [4.78, 5) is 54.7. The van der Waals surface area contributed by atoms with Crippen molar-refractivity contribution in [1.82, 2.24) is 4.90 Å². The van der Waals surface area contributed by atoms with Crippen molar-refractivity contribution in [2.45, 2.75) is 66.7 Å². The number of phenols is 1. The molecule has 1 N–H and O–H groups in total. The summed E-state index contributed by atoms with van der Waals surface area (Å²) in [5.41, 5.74) is 1.08. The predicted molar refractivity (Wildman–Crippen MR) is 158 cm³/mol. The van der Waals surface area contributed by atoms with Crippen molar-refractivity contribution in [3.63, 3.8) is 0 Å². The average Bonchev–Trinajstić information content (AvgIpc) is 3.32. The van der Waals surface area contributed by atoms with Gasteiger partial charge in [0.2, 0.25) is 11.8 Å². The van der Waals surface area contributed by atoms with E-state index < -0.39 is 51.1 Å². The number of carbonyl (C=O) groups is 4. The van der Waals surface area contributed by atoms with Crippen LogP contribution in [0.25, 0.3) is 0 Å². The van der Waals surface area contributed by atoms with Crippen LogP contribution in [0.15, 0.2) is 54.1 Å². The normalized spacial score (nSPS) is 34.3. The lowest BCUT2D eigenvalue weighted by atomic mass is 9.56. The van der Waals surface area contributed by atoms with Gasteiger partial charge in [-0.25, -0.2) is 9.29 Å². The molecule has 2 aliphatic heterocycles. The van der Waals surface area contributed by atoms with Crippen molar-refractivity contribution in [2.24, 2.45) is 17.8 Å². The van der Waals surface area contributed by atoms with Crippen LogP contribution in [0.1, 0.15) is 56.4 Å². The lowest BCUT2D eigenvalue weighted by Gasteiger charge is -2.51. The Morgan fingerprint density at radius 1 is 0.884 bits per heavy atom. The molecule has 2 heterocycles. The molecule has 0 spiro atoms. The zero-order valence-corrected chi connectivity index (χ0v) is 25.2. The van der Waals surface area contributed by atoms with Gasteiger partial charge in [0.25, 0.3) is 11.8 Å². The van der Waals surface area contributed by atoms with Crippen LogP contribution in [-0.4, -0.2) is 49.4 Å². The number of benzene rings is 2. The summed E-state index contributed by atoms with van der Waals surface area (Å²) in [5.74, 6) is -5.84. The summed E-state index contributed by atoms with van der Waals surface area (Å²) < 4.78 is 13.8. The molecule has 43 heavy (non-hydrogen) atoms. The smallest absolute Gasteiger partial charge is 0.258 e. The minimum absolute atomic E-state index is 0.103. The molecule has 7 rings (SSSR count). The maximum Gasteiger partial charge on any atom is 0.258 e. The first-order chi connectivity index (χ1) is 20.5. The van der Waals surface area contributed by atoms with Gasteiger partial charge in [-0.2, -0.15) is 0 Å². The number of nitrogens with zero attached hydrogens (tertiary/aromatic N) is 2. The number of anilines is 1. The van der Waals surface area contributed by atoms with Crippen LogP contribution < -0.4 is 4.90 Å². The highest BCUT2D eigenvalue weighted by Crippen LogP contribution is 2.66. The Kier molecular flexibility index (Phi) is 6.73. The van der Waals surface area contributed by atoms with Crippen molar-refractivity contribution in [1.29, 1.82) is 0 Å². The van der Waals surface area contributed by atoms with E-state index in [4.69, 9.17) is 34.8 Å². The number of amides is 4. The second-order valence-corrected chi connectivity index (χ2v) is 13.9. The topological polar surface area (TPSA) is 95.0 Å². The number of hydrogen-bond donors (Lipinski definition) is 1. The molecule has 2 aromatic carbocycles. The van der Waals surface area contributed by atoms with Crippen LogP contribution in [0.4, 0.5) is 10.1 Å². The first kappa shape index (κ1) is 28.8. The second-order valence-electron chi connectivity index (χ2n) is 12.3. The van der Waals surface area contributed by atoms with E-state index in [9.17, 15) is 28.7 Å². The Morgan fingerprint density at radius 3 is 2.26 bits per heavy atom. The van der Waals surface area contributed by atoms with E-state index >= 15 is 0 Å². The number of allylic oxidation sites excluding steroid dienone is 2. The fourth-order valence-corrected chi connectivity index (χ4v) is 9.43. The number of imide groups is 2. The van der Waals surface area contributed by atoms with Crippen LogP contribution in [-0.2, 0) is 19.2 Å². The maximum atomic E-state index is 14.3. The zero-order chi connectivity index (χ0) is 30.4. The molecule has 4 fully saturated rings. The number of hydrogen-bond acceptors (Lipinski definition) is 5. The van der Waals surface area contributed by atoms with Crippen LogP contribution >= 0.6 is 34.8 Å². The summed E-state index contributed by atoms with van der Waals surface area (Å²) in [6.07, 6.45) is 6.44. The molecule has 0 radical (unpaired) electrons. The van der Waals surface area contributed by atoms with E-state index in [0.717, 1.165) is 49.1 Å². The third kappa shape index (κ3) is 3.91. The predicted octanol–water partition coefficient (Wildman–Crippen LogP) is 6.08. The lowest BCUT2D eigenvalue weighted by Crippen LogP contribution is -2.60. The second kappa shape index (κ2) is 10.0. The highest BCUT2D eigenvalue weighted by Gasteiger charge is 2.76. The molecule has 0 aromatic heterocycles. The molecule has 2 saturated carbocycles. The maximum absolute atomic E-state index is 14.3. The molecule has 0 unspecified atom stereocenters. The standard InChI is InChI=1S/C32H28Cl3FN2O5/c33-24-14-19(39)10-11-21(24)26-20-12-13-22-25(28(41)37(27(22)40)17-4-2-1-3-5-17)23(20)15-31(34)29(42)38(30(43)32(26,31)35)18-8-6-16(36)7-9-18/h6-12,14,17,22-23,25-26,39H,1-5,13,15H2/t22-,23+,25-,26+,31+,32-/m0/s1. The highest BCUT2D eigenvalue weighted by molar-refractivity contribution is 6.58. The summed E-state index contributed by atoms with van der Waals surface area (Å²) in [5, 5.41) is 10.2. The molecule has 224 valence electrons. The fourth-order valence-electron chi connectivity index (χ4n) is 8.22. The highest BCUT2D eigenvalue weighted by atomic mass is 35.5. The number of fused-ring (bicyclic) bond motifs is 4. The van der Waals surface area contributed by atoms with E-state index in [2.05, 4.69) is 0 Å². The number of rotatable bonds is 3. The van der Waals surface area contributed by atoms with Crippen molar-refractivity contribution in [3.05, 3.63) is 70.5 Å². The van der Waals surface area contributed by atoms with Crippen molar-refractivity contribution in [2.75, 3.05) is 4.90 Å². The average molecular weight is 646 g/mol. The summed E-state index contributed by atoms with van der Waals surface area (Å²) in [7, 11) is 0. The van der Waals surface area contributed by atoms with Gasteiger partial charge < -0.3 is 5.11 Å². The van der Waals surface area contributed by atoms with Gasteiger partial charge in [0.1, 0.15) is 11.6 Å². The molecule has 0 bridgehead atoms. The van der Waals surface area contributed by atoms with Crippen molar-refractivity contribution >= 4 is 64.1 Å². The van der Waals surface area contributed by atoms with Gasteiger partial charge in [-0.15, -0.1) is 23.2 Å². The Hall–Kier alpha value is -2.94. The van der Waals surface area contributed by atoms with Gasteiger partial charge in [-0.3, -0.25) is 24.1 Å². The number of halogens is 4. The van der Waals surface area contributed by atoms with Crippen molar-refractivity contribution in [3.8, 4) is 5.75 Å². The quantitative estimate of drug-likeness (QED) is 0.248. The SMILES string of the molecule is O=C1[C@H]2[C@H](CC=C3[C@H]2C[C@@]2(Cl)C(=O)N(c4ccc(F)cc4)C(=O)[C@@]2(Cl)[C@H]3c2ccc(O)cc2Cl)C(=O)N1C1CCCCC1. The monoisotopic (exact) mass is 644 g/mol. The molecule has 7 nitrogen and oxygen atoms in total. The number of alkyl halides is 2. The zero-order valence-electron chi connectivity index (χ0n) is 22.9. The molecule has 2 saturated heterocycles. The molecular formula is C32H28Cl3FN2O5. The Labute approximate surface area is 262 Å². The van der Waals surface area contributed by atoms with E-state index in [1.54, 1.807) is 0 Å². The molecule has 6 atom stereocenters. The summed E-state index contributed by atoms with van der Waals surface area (Å²) >= 11 is 21.3. The Bertz CT molecular complexity index is 1610. The summed E-state index contributed by atoms with van der Waals surface area (Å²) in [6.45, 7) is 0. The van der Waals surface area contributed by atoms with Gasteiger partial charge in [-0.05, 0) is 73.6 Å². The van der Waals surface area contributed by atoms with Crippen LogP contribution in [0, 0.1) is 23.6 Å². The minimum atomic E-state index is -2.08. The number of carbonyl (C=O) groups excluding carboxylic acids is 4. The van der Waals surface area contributed by atoms with Gasteiger partial charge in [0.05, 0.1) is 17.5 Å². The lowest BCUT2D eigenvalue weighted by molar-refractivity contribution is -0.143. The molecule has 5 aliphatic rings. The number of likely N-dealkylation sites (tertiary alicyclic amines) is 1. The van der Waals surface area contributed by atoms with Crippen molar-refractivity contribution < 1.29 is 28.7 Å². The molecule has 2 aromatic rings. The first-order valence-electron chi connectivity index (χ1n) is 14.6. The first-order valence-corrected chi connectivity index (χ1v) is 15.7. The molecule has 11 heteroatoms. The molecule has 4 amide bonds. The van der Waals surface area contributed by atoms with Crippen LogP contribution in [0.3, 0.4) is 0 Å². The van der Waals surface area contributed by atoms with E-state index in [1.165, 1.54) is 35.2 Å². The number of aromatic hydroxyl groups is 1.